The molecule has 1 saturated heterocycles. The lowest BCUT2D eigenvalue weighted by Gasteiger charge is -2.30. The van der Waals surface area contributed by atoms with Crippen LogP contribution in [0.25, 0.3) is 11.4 Å². The van der Waals surface area contributed by atoms with Crippen LogP contribution >= 0.6 is 11.3 Å². The van der Waals surface area contributed by atoms with Gasteiger partial charge < -0.3 is 14.5 Å². The Bertz CT molecular complexity index is 675. The van der Waals surface area contributed by atoms with Crippen molar-refractivity contribution in [1.29, 1.82) is 0 Å². The summed E-state index contributed by atoms with van der Waals surface area (Å²) in [7, 11) is 0. The summed E-state index contributed by atoms with van der Waals surface area (Å²) < 4.78 is 5.17. The van der Waals surface area contributed by atoms with Gasteiger partial charge in [-0.1, -0.05) is 5.16 Å². The molecule has 2 aromatic rings. The molecule has 3 rings (SSSR count). The molecule has 23 heavy (non-hydrogen) atoms. The molecule has 1 aliphatic heterocycles. The molecule has 8 heteroatoms. The van der Waals surface area contributed by atoms with E-state index in [1.807, 2.05) is 16.8 Å². The maximum Gasteiger partial charge on any atom is 0.306 e. The summed E-state index contributed by atoms with van der Waals surface area (Å²) in [6.07, 6.45) is 1.73. The normalized spacial score (nSPS) is 15.7. The van der Waals surface area contributed by atoms with Gasteiger partial charge in [-0.15, -0.1) is 0 Å². The number of rotatable bonds is 5. The number of amides is 1. The average molecular weight is 335 g/mol. The van der Waals surface area contributed by atoms with Crippen LogP contribution in [-0.4, -0.2) is 45.1 Å². The summed E-state index contributed by atoms with van der Waals surface area (Å²) in [6.45, 7) is 1.000. The minimum absolute atomic E-state index is 0.00382. The van der Waals surface area contributed by atoms with Crippen molar-refractivity contribution in [3.05, 3.63) is 22.7 Å². The summed E-state index contributed by atoms with van der Waals surface area (Å²) in [5, 5.41) is 16.8. The number of thiophene rings is 1. The number of piperidine rings is 1. The number of carboxylic acids is 1. The molecule has 0 atom stereocenters. The van der Waals surface area contributed by atoms with E-state index in [0.29, 0.717) is 50.5 Å². The van der Waals surface area contributed by atoms with E-state index in [0.717, 1.165) is 5.56 Å². The zero-order chi connectivity index (χ0) is 16.2. The quantitative estimate of drug-likeness (QED) is 0.898. The van der Waals surface area contributed by atoms with Gasteiger partial charge >= 0.3 is 5.97 Å². The van der Waals surface area contributed by atoms with Crippen LogP contribution in [0.2, 0.25) is 0 Å². The molecule has 0 bridgehead atoms. The highest BCUT2D eigenvalue weighted by Gasteiger charge is 2.26. The fourth-order valence-electron chi connectivity index (χ4n) is 2.61. The predicted octanol–water partition coefficient (Wildman–Crippen LogP) is 2.05. The second-order valence-corrected chi connectivity index (χ2v) is 6.30. The van der Waals surface area contributed by atoms with Crippen molar-refractivity contribution in [2.75, 3.05) is 13.1 Å². The van der Waals surface area contributed by atoms with Gasteiger partial charge in [0.15, 0.2) is 0 Å². The first-order valence-corrected chi connectivity index (χ1v) is 8.43. The molecule has 122 valence electrons. The average Bonchev–Trinajstić information content (AvgIpc) is 3.23. The van der Waals surface area contributed by atoms with Crippen molar-refractivity contribution < 1.29 is 19.2 Å². The number of hydrogen-bond acceptors (Lipinski definition) is 6. The van der Waals surface area contributed by atoms with Gasteiger partial charge in [0.2, 0.25) is 17.6 Å². The monoisotopic (exact) mass is 335 g/mol. The fraction of sp³-hybridized carbons (Fsp3) is 0.467. The van der Waals surface area contributed by atoms with Gasteiger partial charge in [0.1, 0.15) is 0 Å². The topological polar surface area (TPSA) is 96.5 Å². The molecule has 0 unspecified atom stereocenters. The first-order chi connectivity index (χ1) is 11.1. The van der Waals surface area contributed by atoms with Gasteiger partial charge in [-0.05, 0) is 24.3 Å². The highest BCUT2D eigenvalue weighted by Crippen LogP contribution is 2.20. The van der Waals surface area contributed by atoms with E-state index in [-0.39, 0.29) is 11.8 Å². The van der Waals surface area contributed by atoms with E-state index in [9.17, 15) is 9.59 Å². The van der Waals surface area contributed by atoms with Crippen LogP contribution in [0.4, 0.5) is 0 Å². The molecule has 7 nitrogen and oxygen atoms in total. The third kappa shape index (κ3) is 3.76. The van der Waals surface area contributed by atoms with Gasteiger partial charge in [-0.3, -0.25) is 9.59 Å². The van der Waals surface area contributed by atoms with Crippen molar-refractivity contribution in [1.82, 2.24) is 15.0 Å². The first kappa shape index (κ1) is 15.7. The van der Waals surface area contributed by atoms with Crippen LogP contribution < -0.4 is 0 Å². The number of aromatic nitrogens is 2. The van der Waals surface area contributed by atoms with E-state index < -0.39 is 5.97 Å². The Morgan fingerprint density at radius 2 is 2.17 bits per heavy atom. The van der Waals surface area contributed by atoms with Gasteiger partial charge in [-0.25, -0.2) is 0 Å². The Labute approximate surface area is 136 Å². The molecule has 1 aliphatic rings. The van der Waals surface area contributed by atoms with E-state index in [2.05, 4.69) is 10.1 Å². The summed E-state index contributed by atoms with van der Waals surface area (Å²) in [6, 6.07) is 1.91. The van der Waals surface area contributed by atoms with Gasteiger partial charge in [0.25, 0.3) is 0 Å². The van der Waals surface area contributed by atoms with Crippen LogP contribution in [-0.2, 0) is 16.0 Å². The number of likely N-dealkylation sites (tertiary alicyclic amines) is 1. The highest BCUT2D eigenvalue weighted by atomic mass is 32.1. The molecule has 0 radical (unpaired) electrons. The fourth-order valence-corrected chi connectivity index (χ4v) is 3.25. The van der Waals surface area contributed by atoms with Crippen molar-refractivity contribution in [3.8, 4) is 11.4 Å². The second kappa shape index (κ2) is 6.91. The van der Waals surface area contributed by atoms with Crippen molar-refractivity contribution in [3.63, 3.8) is 0 Å². The van der Waals surface area contributed by atoms with Crippen LogP contribution in [0.1, 0.15) is 25.2 Å². The number of hydrogen-bond donors (Lipinski definition) is 1. The van der Waals surface area contributed by atoms with E-state index in [1.54, 1.807) is 16.2 Å². The summed E-state index contributed by atoms with van der Waals surface area (Å²) >= 11 is 1.56. The smallest absolute Gasteiger partial charge is 0.306 e. The maximum atomic E-state index is 12.2. The Morgan fingerprint density at radius 3 is 2.83 bits per heavy atom. The first-order valence-electron chi connectivity index (χ1n) is 7.49. The molecule has 0 saturated carbocycles. The summed E-state index contributed by atoms with van der Waals surface area (Å²) in [5.74, 6) is -0.118. The molecule has 0 aliphatic carbocycles. The van der Waals surface area contributed by atoms with E-state index in [1.165, 1.54) is 0 Å². The summed E-state index contributed by atoms with van der Waals surface area (Å²) in [5.41, 5.74) is 0.909. The number of carbonyl (C=O) groups excluding carboxylic acids is 1. The SMILES string of the molecule is O=C(O)C1CCN(C(=O)CCc2nc(-c3ccsc3)no2)CC1. The minimum atomic E-state index is -0.774. The van der Waals surface area contributed by atoms with Gasteiger partial charge in [-0.2, -0.15) is 16.3 Å². The van der Waals surface area contributed by atoms with Crippen LogP contribution in [0.3, 0.4) is 0 Å². The Kier molecular flexibility index (Phi) is 4.71. The Morgan fingerprint density at radius 1 is 1.39 bits per heavy atom. The third-order valence-electron chi connectivity index (χ3n) is 4.00. The lowest BCUT2D eigenvalue weighted by molar-refractivity contribution is -0.145. The number of aliphatic carboxylic acids is 1. The second-order valence-electron chi connectivity index (χ2n) is 5.52. The molecule has 2 aromatic heterocycles. The largest absolute Gasteiger partial charge is 0.481 e. The molecular formula is C15H17N3O4S. The standard InChI is InChI=1S/C15H17N3O4S/c19-13(18-6-3-10(4-7-18)15(20)21)2-1-12-16-14(17-22-12)11-5-8-23-9-11/h5,8-10H,1-4,6-7H2,(H,20,21). The highest BCUT2D eigenvalue weighted by molar-refractivity contribution is 7.08. The lowest BCUT2D eigenvalue weighted by atomic mass is 9.97. The molecule has 1 fully saturated rings. The van der Waals surface area contributed by atoms with E-state index >= 15 is 0 Å². The number of carbonyl (C=O) groups is 2. The third-order valence-corrected chi connectivity index (χ3v) is 4.68. The number of carboxylic acid groups (broad SMARTS) is 1. The Hall–Kier alpha value is -2.22. The van der Waals surface area contributed by atoms with E-state index in [4.69, 9.17) is 9.63 Å². The van der Waals surface area contributed by atoms with Crippen LogP contribution in [0.15, 0.2) is 21.3 Å². The van der Waals surface area contributed by atoms with Crippen LogP contribution in [0, 0.1) is 5.92 Å². The molecule has 1 N–H and O–H groups in total. The van der Waals surface area contributed by atoms with Crippen molar-refractivity contribution in [2.24, 2.45) is 5.92 Å². The molecular weight excluding hydrogens is 318 g/mol. The molecule has 3 heterocycles. The maximum absolute atomic E-state index is 12.2. The zero-order valence-electron chi connectivity index (χ0n) is 12.5. The minimum Gasteiger partial charge on any atom is -0.481 e. The summed E-state index contributed by atoms with van der Waals surface area (Å²) in [4.78, 5) is 29.1. The Balaban J connectivity index is 1.49. The molecule has 0 spiro atoms. The molecule has 0 aromatic carbocycles. The van der Waals surface area contributed by atoms with Gasteiger partial charge in [0.05, 0.1) is 5.92 Å². The molecule has 1 amide bonds. The van der Waals surface area contributed by atoms with Crippen LogP contribution in [0.5, 0.6) is 0 Å². The zero-order valence-corrected chi connectivity index (χ0v) is 13.3. The lowest BCUT2D eigenvalue weighted by Crippen LogP contribution is -2.40. The van der Waals surface area contributed by atoms with Crippen molar-refractivity contribution in [2.45, 2.75) is 25.7 Å². The number of nitrogens with zero attached hydrogens (tertiary/aromatic N) is 3. The predicted molar refractivity (Wildman–Crippen MR) is 82.9 cm³/mol. The van der Waals surface area contributed by atoms with Crippen molar-refractivity contribution >= 4 is 23.2 Å². The number of aryl methyl sites for hydroxylation is 1. The van der Waals surface area contributed by atoms with Gasteiger partial charge in [0, 0.05) is 36.9 Å².